The fraction of sp³-hybridized carbons (Fsp3) is 0.357. The summed E-state index contributed by atoms with van der Waals surface area (Å²) in [5.41, 5.74) is 8.07. The highest BCUT2D eigenvalue weighted by molar-refractivity contribution is 6.03. The van der Waals surface area contributed by atoms with Crippen LogP contribution in [0.3, 0.4) is 0 Å². The van der Waals surface area contributed by atoms with E-state index in [0.29, 0.717) is 24.1 Å². The van der Waals surface area contributed by atoms with Crippen molar-refractivity contribution >= 4 is 17.5 Å². The van der Waals surface area contributed by atoms with Gasteiger partial charge in [0.2, 0.25) is 0 Å². The van der Waals surface area contributed by atoms with Crippen molar-refractivity contribution in [3.05, 3.63) is 71.2 Å². The van der Waals surface area contributed by atoms with Gasteiger partial charge in [-0.25, -0.2) is 13.8 Å². The molecule has 4 bridgehead atoms. The molecule has 2 aromatic heterocycles. The van der Waals surface area contributed by atoms with Gasteiger partial charge in [-0.1, -0.05) is 0 Å². The number of hydrogen-bond acceptors (Lipinski definition) is 6. The van der Waals surface area contributed by atoms with Crippen LogP contribution in [0.2, 0.25) is 0 Å². The van der Waals surface area contributed by atoms with Crippen molar-refractivity contribution in [3.63, 3.8) is 0 Å². The molecule has 2 amide bonds. The summed E-state index contributed by atoms with van der Waals surface area (Å²) in [6, 6.07) is 6.88. The van der Waals surface area contributed by atoms with E-state index in [2.05, 4.69) is 15.3 Å². The number of carbonyl (C=O) groups excluding carboxylic acids is 2. The second-order valence-electron chi connectivity index (χ2n) is 10.2. The van der Waals surface area contributed by atoms with Gasteiger partial charge in [0.15, 0.2) is 6.61 Å². The zero-order valence-corrected chi connectivity index (χ0v) is 21.2. The molecular weight excluding hydrogens is 492 g/mol. The summed E-state index contributed by atoms with van der Waals surface area (Å²) in [6.45, 7) is -0.269. The average molecular weight is 522 g/mol. The van der Waals surface area contributed by atoms with Crippen molar-refractivity contribution in [2.75, 3.05) is 26.0 Å². The molecule has 5 rings (SSSR count). The molecule has 2 aliphatic rings. The number of amides is 2. The number of carbonyl (C=O) groups is 2. The summed E-state index contributed by atoms with van der Waals surface area (Å²) >= 11 is 0. The summed E-state index contributed by atoms with van der Waals surface area (Å²) in [5.74, 6) is -2.10. The Hall–Kier alpha value is -3.92. The largest absolute Gasteiger partial charge is 0.484 e. The summed E-state index contributed by atoms with van der Waals surface area (Å²) in [5, 5.41) is 2.85. The van der Waals surface area contributed by atoms with Gasteiger partial charge >= 0.3 is 0 Å². The summed E-state index contributed by atoms with van der Waals surface area (Å²) in [4.78, 5) is 35.0. The number of nitrogens with one attached hydrogen (secondary N) is 1. The van der Waals surface area contributed by atoms with Crippen molar-refractivity contribution in [1.29, 1.82) is 0 Å². The van der Waals surface area contributed by atoms with Crippen LogP contribution in [0.25, 0.3) is 11.3 Å². The number of ether oxygens (including phenoxy) is 1. The van der Waals surface area contributed by atoms with Gasteiger partial charge in [0.25, 0.3) is 11.8 Å². The highest BCUT2D eigenvalue weighted by Crippen LogP contribution is 2.42. The van der Waals surface area contributed by atoms with Crippen molar-refractivity contribution in [1.82, 2.24) is 14.9 Å². The summed E-state index contributed by atoms with van der Waals surface area (Å²) in [7, 11) is 3.20. The van der Waals surface area contributed by atoms with Gasteiger partial charge in [-0.15, -0.1) is 0 Å². The molecule has 1 fully saturated rings. The molecule has 1 aliphatic carbocycles. The predicted molar refractivity (Wildman–Crippen MR) is 138 cm³/mol. The molecule has 10 heteroatoms. The van der Waals surface area contributed by atoms with Crippen molar-refractivity contribution < 1.29 is 23.1 Å². The van der Waals surface area contributed by atoms with Crippen molar-refractivity contribution in [3.8, 4) is 17.0 Å². The van der Waals surface area contributed by atoms with Crippen LogP contribution in [0.15, 0.2) is 42.7 Å². The predicted octanol–water partition coefficient (Wildman–Crippen LogP) is 3.91. The normalized spacial score (nSPS) is 20.6. The minimum absolute atomic E-state index is 0.0300. The monoisotopic (exact) mass is 521 g/mol. The van der Waals surface area contributed by atoms with Gasteiger partial charge in [-0.05, 0) is 72.9 Å². The van der Waals surface area contributed by atoms with Gasteiger partial charge in [-0.2, -0.15) is 0 Å². The molecule has 2 unspecified atom stereocenters. The molecule has 38 heavy (non-hydrogen) atoms. The molecule has 198 valence electrons. The molecule has 1 aromatic carbocycles. The van der Waals surface area contributed by atoms with Crippen LogP contribution in [0, 0.1) is 17.6 Å². The standard InChI is InChI=1S/C28H29F2N5O3/c1-35(2)25(36)14-38-19-11-17-8-15-7-16(10-18(31)9-15)20-5-6-32-13-24(20)34-28(37)23-4-3-21(29)27(33-23)26(17)22(30)12-19/h3-6,11-13,15-16,18H,7-10,14,31H2,1-2H3,(H,34,37)/t15-,16?,18?/m1/s1. The first kappa shape index (κ1) is 25.7. The Kier molecular flexibility index (Phi) is 7.07. The maximum atomic E-state index is 15.7. The van der Waals surface area contributed by atoms with E-state index in [1.54, 1.807) is 32.6 Å². The number of halogens is 2. The molecule has 0 saturated heterocycles. The number of likely N-dealkylation sites (N-methyl/N-ethyl adjacent to an activating group) is 1. The van der Waals surface area contributed by atoms with Gasteiger partial charge in [0.05, 0.1) is 11.9 Å². The topological polar surface area (TPSA) is 110 Å². The van der Waals surface area contributed by atoms with E-state index in [1.807, 2.05) is 6.07 Å². The molecular formula is C28H29F2N5O3. The number of fused-ring (bicyclic) bond motifs is 8. The number of nitrogens with two attached hydrogens (primary N) is 1. The Bertz CT molecular complexity index is 1400. The van der Waals surface area contributed by atoms with Gasteiger partial charge < -0.3 is 20.7 Å². The molecule has 0 spiro atoms. The van der Waals surface area contributed by atoms with Gasteiger partial charge in [0.1, 0.15) is 28.8 Å². The van der Waals surface area contributed by atoms with Crippen LogP contribution in [0.1, 0.15) is 46.8 Å². The first-order valence-corrected chi connectivity index (χ1v) is 12.5. The minimum Gasteiger partial charge on any atom is -0.484 e. The molecule has 3 heterocycles. The Balaban J connectivity index is 1.64. The molecule has 3 atom stereocenters. The van der Waals surface area contributed by atoms with Crippen LogP contribution >= 0.6 is 0 Å². The fourth-order valence-corrected chi connectivity index (χ4v) is 5.43. The minimum atomic E-state index is -0.756. The van der Waals surface area contributed by atoms with E-state index in [0.717, 1.165) is 30.5 Å². The highest BCUT2D eigenvalue weighted by atomic mass is 19.1. The van der Waals surface area contributed by atoms with Gasteiger partial charge in [-0.3, -0.25) is 14.6 Å². The van der Waals surface area contributed by atoms with Crippen LogP contribution in [-0.2, 0) is 11.2 Å². The number of aromatic nitrogens is 2. The Morgan fingerprint density at radius 1 is 1.16 bits per heavy atom. The SMILES string of the molecule is CN(C)C(=O)COc1cc(F)c2c(c1)C[C@@H]1CC(N)CC(C1)c1ccncc1NC(=O)c1ccc(F)c-2n1. The molecule has 1 aliphatic heterocycles. The molecule has 0 radical (unpaired) electrons. The van der Waals surface area contributed by atoms with Crippen molar-refractivity contribution in [2.24, 2.45) is 11.7 Å². The summed E-state index contributed by atoms with van der Waals surface area (Å²) < 4.78 is 36.4. The van der Waals surface area contributed by atoms with Gasteiger partial charge in [0, 0.05) is 38.0 Å². The second kappa shape index (κ2) is 10.4. The lowest BCUT2D eigenvalue weighted by Gasteiger charge is -2.34. The van der Waals surface area contributed by atoms with E-state index < -0.39 is 17.5 Å². The fourth-order valence-electron chi connectivity index (χ4n) is 5.43. The van der Waals surface area contributed by atoms with Crippen LogP contribution in [-0.4, -0.2) is 53.4 Å². The molecule has 3 aromatic rings. The summed E-state index contributed by atoms with van der Waals surface area (Å²) in [6.07, 6.45) is 5.81. The number of benzene rings is 1. The lowest BCUT2D eigenvalue weighted by Crippen LogP contribution is -2.33. The first-order valence-electron chi connectivity index (χ1n) is 12.5. The van der Waals surface area contributed by atoms with Crippen LogP contribution in [0.5, 0.6) is 5.75 Å². The third-order valence-electron chi connectivity index (χ3n) is 7.21. The average Bonchev–Trinajstić information content (AvgIpc) is 2.87. The lowest BCUT2D eigenvalue weighted by molar-refractivity contribution is -0.130. The zero-order valence-electron chi connectivity index (χ0n) is 21.2. The van der Waals surface area contributed by atoms with E-state index in [4.69, 9.17) is 10.5 Å². The Labute approximate surface area is 219 Å². The quantitative estimate of drug-likeness (QED) is 0.541. The third kappa shape index (κ3) is 5.22. The molecule has 8 nitrogen and oxygen atoms in total. The van der Waals surface area contributed by atoms with E-state index in [1.165, 1.54) is 11.0 Å². The second-order valence-corrected chi connectivity index (χ2v) is 10.2. The van der Waals surface area contributed by atoms with Crippen LogP contribution < -0.4 is 15.8 Å². The van der Waals surface area contributed by atoms with Crippen molar-refractivity contribution in [2.45, 2.75) is 37.6 Å². The van der Waals surface area contributed by atoms with E-state index in [9.17, 15) is 9.59 Å². The lowest BCUT2D eigenvalue weighted by atomic mass is 9.73. The number of rotatable bonds is 3. The van der Waals surface area contributed by atoms with Crippen LogP contribution in [0.4, 0.5) is 14.5 Å². The maximum absolute atomic E-state index is 15.7. The number of anilines is 1. The smallest absolute Gasteiger partial charge is 0.274 e. The Morgan fingerprint density at radius 3 is 2.76 bits per heavy atom. The number of pyridine rings is 2. The highest BCUT2D eigenvalue weighted by Gasteiger charge is 2.32. The van der Waals surface area contributed by atoms with E-state index in [-0.39, 0.29) is 53.1 Å². The number of hydrogen-bond donors (Lipinski definition) is 2. The molecule has 3 N–H and O–H groups in total. The maximum Gasteiger partial charge on any atom is 0.274 e. The third-order valence-corrected chi connectivity index (χ3v) is 7.21. The van der Waals surface area contributed by atoms with E-state index >= 15 is 8.78 Å². The molecule has 1 saturated carbocycles. The number of nitrogens with zero attached hydrogens (tertiary/aromatic N) is 3. The zero-order chi connectivity index (χ0) is 27.0. The first-order chi connectivity index (χ1) is 18.2. The Morgan fingerprint density at radius 2 is 1.97 bits per heavy atom.